The first-order chi connectivity index (χ1) is 7.16. The first-order valence-corrected chi connectivity index (χ1v) is 5.13. The Morgan fingerprint density at radius 1 is 1.20 bits per heavy atom. The van der Waals surface area contributed by atoms with Gasteiger partial charge in [0.1, 0.15) is 0 Å². The topological polar surface area (TPSA) is 30.7 Å². The summed E-state index contributed by atoms with van der Waals surface area (Å²) in [6.45, 7) is 6.36. The van der Waals surface area contributed by atoms with Crippen LogP contribution in [0.15, 0.2) is 30.9 Å². The monoisotopic (exact) mass is 201 g/mol. The lowest BCUT2D eigenvalue weighted by atomic mass is 10.1. The molecule has 0 saturated carbocycles. The summed E-state index contributed by atoms with van der Waals surface area (Å²) in [6.07, 6.45) is 7.63. The molecule has 0 unspecified atom stereocenters. The second-order valence-electron chi connectivity index (χ2n) is 4.09. The van der Waals surface area contributed by atoms with Crippen LogP contribution in [0.4, 0.5) is 0 Å². The van der Waals surface area contributed by atoms with Gasteiger partial charge in [-0.05, 0) is 30.0 Å². The van der Waals surface area contributed by atoms with E-state index in [1.54, 1.807) is 0 Å². The van der Waals surface area contributed by atoms with Crippen LogP contribution >= 0.6 is 0 Å². The van der Waals surface area contributed by atoms with E-state index in [1.807, 2.05) is 30.2 Å². The van der Waals surface area contributed by atoms with Crippen molar-refractivity contribution in [2.75, 3.05) is 0 Å². The van der Waals surface area contributed by atoms with Gasteiger partial charge in [-0.1, -0.05) is 13.8 Å². The Hall–Kier alpha value is -1.64. The first-order valence-electron chi connectivity index (χ1n) is 5.13. The quantitative estimate of drug-likeness (QED) is 0.748. The Balaban J connectivity index is 2.37. The summed E-state index contributed by atoms with van der Waals surface area (Å²) in [5.74, 6) is 0.511. The Bertz CT molecular complexity index is 457. The number of pyridine rings is 1. The largest absolute Gasteiger partial charge is 0.262 e. The molecule has 2 aromatic heterocycles. The SMILES string of the molecule is Cc1cncc(-n2cc(C(C)C)cn2)c1. The zero-order valence-electron chi connectivity index (χ0n) is 9.31. The van der Waals surface area contributed by atoms with Crippen LogP contribution in [0.1, 0.15) is 30.9 Å². The van der Waals surface area contributed by atoms with Crippen molar-refractivity contribution in [3.63, 3.8) is 0 Å². The molecule has 3 nitrogen and oxygen atoms in total. The molecule has 0 aromatic carbocycles. The maximum atomic E-state index is 4.33. The van der Waals surface area contributed by atoms with Crippen LogP contribution in [-0.2, 0) is 0 Å². The number of aryl methyl sites for hydroxylation is 1. The van der Waals surface area contributed by atoms with Gasteiger partial charge < -0.3 is 0 Å². The molecular weight excluding hydrogens is 186 g/mol. The molecule has 15 heavy (non-hydrogen) atoms. The molecule has 2 aromatic rings. The Morgan fingerprint density at radius 3 is 2.60 bits per heavy atom. The molecule has 78 valence electrons. The van der Waals surface area contributed by atoms with Gasteiger partial charge >= 0.3 is 0 Å². The van der Waals surface area contributed by atoms with E-state index in [1.165, 1.54) is 5.56 Å². The molecule has 0 N–H and O–H groups in total. The van der Waals surface area contributed by atoms with E-state index in [9.17, 15) is 0 Å². The zero-order valence-corrected chi connectivity index (χ0v) is 9.31. The van der Waals surface area contributed by atoms with E-state index < -0.39 is 0 Å². The molecule has 2 rings (SSSR count). The van der Waals surface area contributed by atoms with E-state index in [0.29, 0.717) is 5.92 Å². The highest BCUT2D eigenvalue weighted by Crippen LogP contribution is 2.15. The van der Waals surface area contributed by atoms with Gasteiger partial charge in [0, 0.05) is 12.4 Å². The molecule has 0 fully saturated rings. The fourth-order valence-corrected chi connectivity index (χ4v) is 1.44. The molecule has 0 aliphatic heterocycles. The molecule has 0 aliphatic rings. The molecule has 0 amide bonds. The predicted molar refractivity (Wildman–Crippen MR) is 60.2 cm³/mol. The molecule has 2 heterocycles. The van der Waals surface area contributed by atoms with Crippen molar-refractivity contribution in [3.05, 3.63) is 42.0 Å². The van der Waals surface area contributed by atoms with Gasteiger partial charge in [-0.3, -0.25) is 4.98 Å². The van der Waals surface area contributed by atoms with Crippen LogP contribution < -0.4 is 0 Å². The molecule has 0 spiro atoms. The number of hydrogen-bond acceptors (Lipinski definition) is 2. The van der Waals surface area contributed by atoms with Crippen LogP contribution in [0.3, 0.4) is 0 Å². The van der Waals surface area contributed by atoms with Crippen LogP contribution in [0.25, 0.3) is 5.69 Å². The minimum absolute atomic E-state index is 0.511. The van der Waals surface area contributed by atoms with Gasteiger partial charge in [-0.25, -0.2) is 4.68 Å². The fraction of sp³-hybridized carbons (Fsp3) is 0.333. The van der Waals surface area contributed by atoms with Crippen LogP contribution in [-0.4, -0.2) is 14.8 Å². The lowest BCUT2D eigenvalue weighted by molar-refractivity contribution is 0.855. The molecule has 0 saturated heterocycles. The summed E-state index contributed by atoms with van der Waals surface area (Å²) in [7, 11) is 0. The van der Waals surface area contributed by atoms with Gasteiger partial charge in [0.25, 0.3) is 0 Å². The third kappa shape index (κ3) is 2.06. The van der Waals surface area contributed by atoms with Gasteiger partial charge in [0.05, 0.1) is 18.1 Å². The highest BCUT2D eigenvalue weighted by molar-refractivity contribution is 5.31. The highest BCUT2D eigenvalue weighted by Gasteiger charge is 2.04. The lowest BCUT2D eigenvalue weighted by Crippen LogP contribution is -1.95. The van der Waals surface area contributed by atoms with Crippen molar-refractivity contribution in [3.8, 4) is 5.69 Å². The summed E-state index contributed by atoms with van der Waals surface area (Å²) in [4.78, 5) is 4.15. The average Bonchev–Trinajstić information content (AvgIpc) is 2.66. The maximum Gasteiger partial charge on any atom is 0.0831 e. The number of rotatable bonds is 2. The highest BCUT2D eigenvalue weighted by atomic mass is 15.3. The number of hydrogen-bond donors (Lipinski definition) is 0. The van der Waals surface area contributed by atoms with Crippen molar-refractivity contribution in [2.24, 2.45) is 0 Å². The Labute approximate surface area is 89.8 Å². The number of nitrogens with zero attached hydrogens (tertiary/aromatic N) is 3. The third-order valence-electron chi connectivity index (χ3n) is 2.39. The number of aromatic nitrogens is 3. The second kappa shape index (κ2) is 3.85. The van der Waals surface area contributed by atoms with Crippen LogP contribution in [0.5, 0.6) is 0 Å². The molecule has 0 atom stereocenters. The van der Waals surface area contributed by atoms with Crippen molar-refractivity contribution in [2.45, 2.75) is 26.7 Å². The summed E-state index contributed by atoms with van der Waals surface area (Å²) in [5, 5.41) is 4.33. The summed E-state index contributed by atoms with van der Waals surface area (Å²) >= 11 is 0. The summed E-state index contributed by atoms with van der Waals surface area (Å²) < 4.78 is 1.87. The minimum atomic E-state index is 0.511. The van der Waals surface area contributed by atoms with Gasteiger partial charge in [0.15, 0.2) is 0 Å². The van der Waals surface area contributed by atoms with E-state index in [2.05, 4.69) is 36.2 Å². The van der Waals surface area contributed by atoms with Crippen molar-refractivity contribution >= 4 is 0 Å². The molecule has 3 heteroatoms. The molecule has 0 bridgehead atoms. The smallest absolute Gasteiger partial charge is 0.0831 e. The molecular formula is C12H15N3. The standard InChI is InChI=1S/C12H15N3/c1-9(2)11-6-14-15(8-11)12-4-10(3)5-13-7-12/h4-9H,1-3H3. The van der Waals surface area contributed by atoms with E-state index >= 15 is 0 Å². The first kappa shape index (κ1) is 9.90. The van der Waals surface area contributed by atoms with Crippen LogP contribution in [0.2, 0.25) is 0 Å². The summed E-state index contributed by atoms with van der Waals surface area (Å²) in [6, 6.07) is 2.07. The molecule has 0 radical (unpaired) electrons. The second-order valence-corrected chi connectivity index (χ2v) is 4.09. The lowest BCUT2D eigenvalue weighted by Gasteiger charge is -2.01. The Kier molecular flexibility index (Phi) is 2.54. The van der Waals surface area contributed by atoms with Crippen molar-refractivity contribution < 1.29 is 0 Å². The predicted octanol–water partition coefficient (Wildman–Crippen LogP) is 2.70. The Morgan fingerprint density at radius 2 is 2.00 bits per heavy atom. The molecule has 0 aliphatic carbocycles. The van der Waals surface area contributed by atoms with E-state index in [-0.39, 0.29) is 0 Å². The van der Waals surface area contributed by atoms with Crippen LogP contribution in [0, 0.1) is 6.92 Å². The van der Waals surface area contributed by atoms with Crippen molar-refractivity contribution in [1.29, 1.82) is 0 Å². The summed E-state index contributed by atoms with van der Waals surface area (Å²) in [5.41, 5.74) is 3.41. The maximum absolute atomic E-state index is 4.33. The average molecular weight is 201 g/mol. The zero-order chi connectivity index (χ0) is 10.8. The third-order valence-corrected chi connectivity index (χ3v) is 2.39. The van der Waals surface area contributed by atoms with E-state index in [4.69, 9.17) is 0 Å². The van der Waals surface area contributed by atoms with E-state index in [0.717, 1.165) is 11.3 Å². The van der Waals surface area contributed by atoms with Gasteiger partial charge in [-0.15, -0.1) is 0 Å². The minimum Gasteiger partial charge on any atom is -0.262 e. The fourth-order valence-electron chi connectivity index (χ4n) is 1.44. The van der Waals surface area contributed by atoms with Gasteiger partial charge in [-0.2, -0.15) is 5.10 Å². The van der Waals surface area contributed by atoms with Gasteiger partial charge in [0.2, 0.25) is 0 Å². The normalized spacial score (nSPS) is 10.9. The van der Waals surface area contributed by atoms with Crippen molar-refractivity contribution in [1.82, 2.24) is 14.8 Å².